The van der Waals surface area contributed by atoms with Crippen molar-refractivity contribution in [2.45, 2.75) is 18.6 Å². The molecule has 1 aliphatic carbocycles. The summed E-state index contributed by atoms with van der Waals surface area (Å²) in [6.07, 6.45) is 0. The van der Waals surface area contributed by atoms with E-state index in [1.165, 1.54) is 0 Å². The van der Waals surface area contributed by atoms with E-state index in [0.29, 0.717) is 6.61 Å². The van der Waals surface area contributed by atoms with Gasteiger partial charge in [0.25, 0.3) is 0 Å². The molecule has 0 saturated heterocycles. The SMILES string of the molecule is NC(=O)[C@H](NC(=O)COCc1ccccc1)C1c2ccccc2-c2ccccc21. The molecule has 0 radical (unpaired) electrons. The molecule has 5 heteroatoms. The van der Waals surface area contributed by atoms with Crippen LogP contribution in [0.2, 0.25) is 0 Å². The Balaban J connectivity index is 1.51. The van der Waals surface area contributed by atoms with Gasteiger partial charge in [0, 0.05) is 5.92 Å². The summed E-state index contributed by atoms with van der Waals surface area (Å²) in [4.78, 5) is 24.8. The van der Waals surface area contributed by atoms with E-state index in [-0.39, 0.29) is 18.4 Å². The van der Waals surface area contributed by atoms with Gasteiger partial charge in [-0.2, -0.15) is 0 Å². The molecule has 3 aromatic rings. The number of primary amides is 1. The zero-order chi connectivity index (χ0) is 20.2. The van der Waals surface area contributed by atoms with Crippen molar-refractivity contribution < 1.29 is 14.3 Å². The predicted octanol–water partition coefficient (Wildman–Crippen LogP) is 2.99. The molecule has 1 atom stereocenters. The zero-order valence-electron chi connectivity index (χ0n) is 15.9. The van der Waals surface area contributed by atoms with Crippen LogP contribution < -0.4 is 11.1 Å². The van der Waals surface area contributed by atoms with E-state index >= 15 is 0 Å². The molecule has 5 nitrogen and oxygen atoms in total. The third-order valence-electron chi connectivity index (χ3n) is 5.18. The monoisotopic (exact) mass is 386 g/mol. The van der Waals surface area contributed by atoms with E-state index in [2.05, 4.69) is 5.32 Å². The van der Waals surface area contributed by atoms with Crippen LogP contribution in [-0.2, 0) is 20.9 Å². The number of rotatable bonds is 7. The molecule has 3 aromatic carbocycles. The Morgan fingerprint density at radius 1 is 0.862 bits per heavy atom. The van der Waals surface area contributed by atoms with Crippen molar-refractivity contribution in [1.29, 1.82) is 0 Å². The van der Waals surface area contributed by atoms with E-state index in [1.54, 1.807) is 0 Å². The molecule has 0 spiro atoms. The second-order valence-corrected chi connectivity index (χ2v) is 7.08. The average Bonchev–Trinajstić information content (AvgIpc) is 3.07. The fourth-order valence-corrected chi connectivity index (χ4v) is 3.92. The van der Waals surface area contributed by atoms with Gasteiger partial charge < -0.3 is 15.8 Å². The molecule has 146 valence electrons. The van der Waals surface area contributed by atoms with Crippen LogP contribution in [-0.4, -0.2) is 24.5 Å². The lowest BCUT2D eigenvalue weighted by Crippen LogP contribution is -2.49. The van der Waals surface area contributed by atoms with Crippen molar-refractivity contribution in [2.75, 3.05) is 6.61 Å². The molecule has 0 heterocycles. The lowest BCUT2D eigenvalue weighted by atomic mass is 9.89. The Bertz CT molecular complexity index is 988. The molecule has 0 aromatic heterocycles. The van der Waals surface area contributed by atoms with Gasteiger partial charge in [0.15, 0.2) is 0 Å². The molecular weight excluding hydrogens is 364 g/mol. The van der Waals surface area contributed by atoms with E-state index < -0.39 is 11.9 Å². The number of hydrogen-bond acceptors (Lipinski definition) is 3. The van der Waals surface area contributed by atoms with E-state index in [4.69, 9.17) is 10.5 Å². The standard InChI is InChI=1S/C24H22N2O3/c25-24(28)23(26-21(27)15-29-14-16-8-2-1-3-9-16)22-19-12-6-4-10-17(19)18-11-5-7-13-20(18)22/h1-13,22-23H,14-15H2,(H2,25,28)(H,26,27)/t23-/m1/s1. The normalized spacial score (nSPS) is 13.4. The van der Waals surface area contributed by atoms with E-state index in [1.807, 2.05) is 78.9 Å². The number of benzene rings is 3. The number of nitrogens with two attached hydrogens (primary N) is 1. The molecule has 1 aliphatic rings. The number of carbonyl (C=O) groups excluding carboxylic acids is 2. The van der Waals surface area contributed by atoms with Crippen LogP contribution in [0.4, 0.5) is 0 Å². The summed E-state index contributed by atoms with van der Waals surface area (Å²) < 4.78 is 5.50. The minimum Gasteiger partial charge on any atom is -0.368 e. The van der Waals surface area contributed by atoms with Gasteiger partial charge in [-0.3, -0.25) is 9.59 Å². The number of ether oxygens (including phenoxy) is 1. The van der Waals surface area contributed by atoms with Crippen LogP contribution in [0, 0.1) is 0 Å². The fraction of sp³-hybridized carbons (Fsp3) is 0.167. The Hall–Kier alpha value is -3.44. The van der Waals surface area contributed by atoms with Gasteiger partial charge in [0.05, 0.1) is 6.61 Å². The highest BCUT2D eigenvalue weighted by Crippen LogP contribution is 2.46. The molecule has 4 rings (SSSR count). The van der Waals surface area contributed by atoms with Crippen molar-refractivity contribution in [3.8, 4) is 11.1 Å². The van der Waals surface area contributed by atoms with Crippen LogP contribution in [0.1, 0.15) is 22.6 Å². The number of fused-ring (bicyclic) bond motifs is 3. The highest BCUT2D eigenvalue weighted by Gasteiger charge is 2.37. The summed E-state index contributed by atoms with van der Waals surface area (Å²) >= 11 is 0. The van der Waals surface area contributed by atoms with Gasteiger partial charge in [0.1, 0.15) is 12.6 Å². The molecule has 0 saturated carbocycles. The molecule has 0 unspecified atom stereocenters. The maximum Gasteiger partial charge on any atom is 0.246 e. The van der Waals surface area contributed by atoms with Crippen LogP contribution in [0.3, 0.4) is 0 Å². The smallest absolute Gasteiger partial charge is 0.246 e. The number of amides is 2. The lowest BCUT2D eigenvalue weighted by Gasteiger charge is -2.24. The summed E-state index contributed by atoms with van der Waals surface area (Å²) in [7, 11) is 0. The highest BCUT2D eigenvalue weighted by atomic mass is 16.5. The molecule has 0 bridgehead atoms. The summed E-state index contributed by atoms with van der Waals surface area (Å²) in [5, 5.41) is 2.79. The minimum absolute atomic E-state index is 0.144. The maximum atomic E-state index is 12.5. The average molecular weight is 386 g/mol. The van der Waals surface area contributed by atoms with Gasteiger partial charge >= 0.3 is 0 Å². The van der Waals surface area contributed by atoms with Crippen LogP contribution in [0.5, 0.6) is 0 Å². The van der Waals surface area contributed by atoms with Gasteiger partial charge in [0.2, 0.25) is 11.8 Å². The Morgan fingerprint density at radius 2 is 1.41 bits per heavy atom. The van der Waals surface area contributed by atoms with Crippen molar-refractivity contribution in [2.24, 2.45) is 5.73 Å². The first-order valence-electron chi connectivity index (χ1n) is 9.53. The van der Waals surface area contributed by atoms with Crippen LogP contribution in [0.15, 0.2) is 78.9 Å². The maximum absolute atomic E-state index is 12.5. The van der Waals surface area contributed by atoms with Crippen molar-refractivity contribution in [1.82, 2.24) is 5.32 Å². The van der Waals surface area contributed by atoms with Crippen molar-refractivity contribution in [3.63, 3.8) is 0 Å². The molecule has 2 amide bonds. The lowest BCUT2D eigenvalue weighted by molar-refractivity contribution is -0.130. The third kappa shape index (κ3) is 3.91. The molecular formula is C24H22N2O3. The third-order valence-corrected chi connectivity index (χ3v) is 5.18. The van der Waals surface area contributed by atoms with Crippen LogP contribution >= 0.6 is 0 Å². The van der Waals surface area contributed by atoms with Crippen molar-refractivity contribution in [3.05, 3.63) is 95.6 Å². The van der Waals surface area contributed by atoms with Gasteiger partial charge in [-0.1, -0.05) is 78.9 Å². The topological polar surface area (TPSA) is 81.4 Å². The first-order valence-corrected chi connectivity index (χ1v) is 9.53. The molecule has 29 heavy (non-hydrogen) atoms. The van der Waals surface area contributed by atoms with Crippen molar-refractivity contribution >= 4 is 11.8 Å². The summed E-state index contributed by atoms with van der Waals surface area (Å²) in [5.41, 5.74) is 10.8. The number of nitrogens with one attached hydrogen (secondary N) is 1. The Kier molecular flexibility index (Phi) is 5.40. The summed E-state index contributed by atoms with van der Waals surface area (Å²) in [6, 6.07) is 24.6. The molecule has 0 aliphatic heterocycles. The second-order valence-electron chi connectivity index (χ2n) is 7.08. The first kappa shape index (κ1) is 18.9. The quantitative estimate of drug-likeness (QED) is 0.655. The summed E-state index contributed by atoms with van der Waals surface area (Å²) in [5.74, 6) is -1.26. The first-order chi connectivity index (χ1) is 14.1. The highest BCUT2D eigenvalue weighted by molar-refractivity contribution is 5.91. The Morgan fingerprint density at radius 3 is 2.00 bits per heavy atom. The zero-order valence-corrected chi connectivity index (χ0v) is 15.9. The fourth-order valence-electron chi connectivity index (χ4n) is 3.92. The minimum atomic E-state index is -0.854. The van der Waals surface area contributed by atoms with Crippen LogP contribution in [0.25, 0.3) is 11.1 Å². The summed E-state index contributed by atoms with van der Waals surface area (Å²) in [6.45, 7) is 0.180. The number of hydrogen-bond donors (Lipinski definition) is 2. The van der Waals surface area contributed by atoms with E-state index in [0.717, 1.165) is 27.8 Å². The number of carbonyl (C=O) groups is 2. The van der Waals surface area contributed by atoms with E-state index in [9.17, 15) is 9.59 Å². The largest absolute Gasteiger partial charge is 0.368 e. The van der Waals surface area contributed by atoms with Gasteiger partial charge in [-0.25, -0.2) is 0 Å². The molecule has 0 fully saturated rings. The van der Waals surface area contributed by atoms with Gasteiger partial charge in [-0.15, -0.1) is 0 Å². The molecule has 3 N–H and O–H groups in total. The Labute approximate surface area is 169 Å². The van der Waals surface area contributed by atoms with Gasteiger partial charge in [-0.05, 0) is 27.8 Å². The second kappa shape index (κ2) is 8.29. The predicted molar refractivity (Wildman–Crippen MR) is 111 cm³/mol.